The Hall–Kier alpha value is -3.29. The molecule has 6 rings (SSSR count). The third-order valence-corrected chi connectivity index (χ3v) is 6.46. The van der Waals surface area contributed by atoms with Crippen molar-refractivity contribution in [2.45, 2.75) is 11.8 Å². The second kappa shape index (κ2) is 6.60. The number of fused-ring (bicyclic) bond motifs is 6. The molecule has 3 heterocycles. The summed E-state index contributed by atoms with van der Waals surface area (Å²) in [4.78, 5) is 13.5. The molecule has 0 fully saturated rings. The van der Waals surface area contributed by atoms with Crippen LogP contribution in [0, 0.1) is 0 Å². The third-order valence-electron chi connectivity index (χ3n) is 5.97. The Labute approximate surface area is 187 Å². The number of methoxy groups -OCH3 is 1. The van der Waals surface area contributed by atoms with Crippen LogP contribution in [0.2, 0.25) is 0 Å². The molecule has 0 radical (unpaired) electrons. The Balaban J connectivity index is 1.60. The smallest absolute Gasteiger partial charge is 0.291 e. The normalized spacial score (nSPS) is 23.2. The number of hydrazine groups is 1. The van der Waals surface area contributed by atoms with Crippen LogP contribution < -0.4 is 20.2 Å². The van der Waals surface area contributed by atoms with Gasteiger partial charge in [-0.3, -0.25) is 4.79 Å². The van der Waals surface area contributed by atoms with Gasteiger partial charge in [0.1, 0.15) is 0 Å². The van der Waals surface area contributed by atoms with Crippen LogP contribution >= 0.6 is 15.9 Å². The molecule has 0 saturated carbocycles. The lowest BCUT2D eigenvalue weighted by Gasteiger charge is -2.45. The van der Waals surface area contributed by atoms with Gasteiger partial charge in [0.25, 0.3) is 11.6 Å². The molecule has 6 nitrogen and oxygen atoms in total. The largest absolute Gasteiger partial charge is 0.493 e. The predicted molar refractivity (Wildman–Crippen MR) is 120 cm³/mol. The average Bonchev–Trinajstić information content (AvgIpc) is 3.36. The number of carbonyl (C=O) groups excluding carboxylic acids is 1. The molecule has 154 valence electrons. The van der Waals surface area contributed by atoms with Crippen molar-refractivity contribution in [2.75, 3.05) is 12.4 Å². The van der Waals surface area contributed by atoms with E-state index in [2.05, 4.69) is 32.7 Å². The highest BCUT2D eigenvalue weighted by atomic mass is 79.9. The first-order valence-electron chi connectivity index (χ1n) is 9.92. The summed E-state index contributed by atoms with van der Waals surface area (Å²) in [7, 11) is 1.61. The van der Waals surface area contributed by atoms with E-state index in [4.69, 9.17) is 9.47 Å². The molecular weight excluding hydrogens is 458 g/mol. The van der Waals surface area contributed by atoms with E-state index in [0.717, 1.165) is 32.5 Å². The molecular formula is C24H18BrN3O3. The zero-order valence-electron chi connectivity index (χ0n) is 16.6. The van der Waals surface area contributed by atoms with Crippen molar-refractivity contribution in [3.63, 3.8) is 0 Å². The number of rotatable bonds is 2. The van der Waals surface area contributed by atoms with Gasteiger partial charge in [0.15, 0.2) is 11.5 Å². The van der Waals surface area contributed by atoms with E-state index < -0.39 is 5.72 Å². The minimum atomic E-state index is -1.39. The van der Waals surface area contributed by atoms with E-state index in [1.54, 1.807) is 7.11 Å². The van der Waals surface area contributed by atoms with Gasteiger partial charge in [-0.1, -0.05) is 58.4 Å². The van der Waals surface area contributed by atoms with Gasteiger partial charge in [-0.15, -0.1) is 0 Å². The molecule has 3 aliphatic heterocycles. The van der Waals surface area contributed by atoms with Crippen molar-refractivity contribution in [2.24, 2.45) is 0 Å². The molecule has 31 heavy (non-hydrogen) atoms. The van der Waals surface area contributed by atoms with E-state index in [9.17, 15) is 4.79 Å². The standard InChI is InChI=1S/C24H18BrN3O3/c1-30-21-9-5-8-16-20-13-19(14-6-3-2-4-7-14)27-28(20)24(31-22(16)21)17-12-15(25)10-11-18(17)26-23(24)29/h2-13,20,27H,1H3,(H,26,29). The quantitative estimate of drug-likeness (QED) is 0.568. The van der Waals surface area contributed by atoms with Crippen LogP contribution in [-0.4, -0.2) is 18.0 Å². The van der Waals surface area contributed by atoms with Crippen molar-refractivity contribution in [3.05, 3.63) is 94.0 Å². The number of anilines is 1. The van der Waals surface area contributed by atoms with Crippen molar-refractivity contribution in [3.8, 4) is 11.5 Å². The highest BCUT2D eigenvalue weighted by Crippen LogP contribution is 2.55. The fraction of sp³-hybridized carbons (Fsp3) is 0.125. The molecule has 7 heteroatoms. The first kappa shape index (κ1) is 18.5. The molecule has 0 saturated heterocycles. The van der Waals surface area contributed by atoms with Crippen molar-refractivity contribution in [1.29, 1.82) is 0 Å². The summed E-state index contributed by atoms with van der Waals surface area (Å²) in [5.74, 6) is 0.910. The van der Waals surface area contributed by atoms with Crippen molar-refractivity contribution >= 4 is 33.2 Å². The van der Waals surface area contributed by atoms with Gasteiger partial charge >= 0.3 is 0 Å². The number of benzene rings is 3. The molecule has 3 aliphatic rings. The number of halogens is 1. The summed E-state index contributed by atoms with van der Waals surface area (Å²) in [6, 6.07) is 21.3. The SMILES string of the molecule is COc1cccc2c1OC1(C(=O)Nc3ccc(Br)cc31)N1NC(c3ccccc3)=CC21. The molecule has 0 aliphatic carbocycles. The Morgan fingerprint density at radius 3 is 2.74 bits per heavy atom. The number of carbonyl (C=O) groups is 1. The van der Waals surface area contributed by atoms with Gasteiger partial charge in [0, 0.05) is 15.6 Å². The predicted octanol–water partition coefficient (Wildman–Crippen LogP) is 4.56. The number of hydrogen-bond donors (Lipinski definition) is 2. The summed E-state index contributed by atoms with van der Waals surface area (Å²) >= 11 is 3.54. The molecule has 3 aromatic rings. The summed E-state index contributed by atoms with van der Waals surface area (Å²) in [6.07, 6.45) is 2.13. The maximum absolute atomic E-state index is 13.5. The highest BCUT2D eigenvalue weighted by molar-refractivity contribution is 9.10. The van der Waals surface area contributed by atoms with Crippen molar-refractivity contribution < 1.29 is 14.3 Å². The van der Waals surface area contributed by atoms with E-state index in [-0.39, 0.29) is 11.9 Å². The van der Waals surface area contributed by atoms with Gasteiger partial charge in [-0.25, -0.2) is 0 Å². The van der Waals surface area contributed by atoms with Crippen LogP contribution in [0.5, 0.6) is 11.5 Å². The third kappa shape index (κ3) is 2.50. The van der Waals surface area contributed by atoms with E-state index >= 15 is 0 Å². The van der Waals surface area contributed by atoms with Crippen LogP contribution in [0.3, 0.4) is 0 Å². The molecule has 2 atom stereocenters. The molecule has 1 spiro atoms. The molecule has 2 N–H and O–H groups in total. The van der Waals surface area contributed by atoms with Crippen LogP contribution in [-0.2, 0) is 10.5 Å². The highest BCUT2D eigenvalue weighted by Gasteiger charge is 2.61. The van der Waals surface area contributed by atoms with E-state index in [1.807, 2.05) is 71.7 Å². The average molecular weight is 476 g/mol. The van der Waals surface area contributed by atoms with Gasteiger partial charge in [0.2, 0.25) is 0 Å². The van der Waals surface area contributed by atoms with Crippen molar-refractivity contribution in [1.82, 2.24) is 10.4 Å². The Bertz CT molecular complexity index is 1260. The first-order valence-corrected chi connectivity index (χ1v) is 10.7. The van der Waals surface area contributed by atoms with E-state index in [0.29, 0.717) is 11.5 Å². The lowest BCUT2D eigenvalue weighted by molar-refractivity contribution is -0.166. The number of nitrogens with one attached hydrogen (secondary N) is 2. The number of para-hydroxylation sites is 1. The molecule has 3 aromatic carbocycles. The number of nitrogens with zero attached hydrogens (tertiary/aromatic N) is 1. The minimum absolute atomic E-state index is 0.232. The zero-order chi connectivity index (χ0) is 21.2. The second-order valence-corrected chi connectivity index (χ2v) is 8.56. The Morgan fingerprint density at radius 1 is 1.10 bits per heavy atom. The summed E-state index contributed by atoms with van der Waals surface area (Å²) in [5.41, 5.74) is 6.41. The monoisotopic (exact) mass is 475 g/mol. The summed E-state index contributed by atoms with van der Waals surface area (Å²) in [5, 5.41) is 4.88. The Kier molecular flexibility index (Phi) is 3.94. The lowest BCUT2D eigenvalue weighted by atomic mass is 9.95. The minimum Gasteiger partial charge on any atom is -0.493 e. The molecule has 1 amide bonds. The van der Waals surface area contributed by atoms with Crippen LogP contribution in [0.25, 0.3) is 5.70 Å². The van der Waals surface area contributed by atoms with Crippen LogP contribution in [0.4, 0.5) is 5.69 Å². The topological polar surface area (TPSA) is 62.8 Å². The van der Waals surface area contributed by atoms with Gasteiger partial charge in [-0.05, 0) is 35.9 Å². The molecule has 0 bridgehead atoms. The van der Waals surface area contributed by atoms with Crippen LogP contribution in [0.15, 0.2) is 77.3 Å². The van der Waals surface area contributed by atoms with Gasteiger partial charge in [0.05, 0.1) is 24.5 Å². The fourth-order valence-corrected chi connectivity index (χ4v) is 4.92. The Morgan fingerprint density at radius 2 is 1.94 bits per heavy atom. The maximum Gasteiger partial charge on any atom is 0.291 e. The van der Waals surface area contributed by atoms with Gasteiger partial charge in [-0.2, -0.15) is 5.01 Å². The number of hydrogen-bond acceptors (Lipinski definition) is 5. The first-order chi connectivity index (χ1) is 15.1. The number of ether oxygens (including phenoxy) is 2. The zero-order valence-corrected chi connectivity index (χ0v) is 18.1. The fourth-order valence-electron chi connectivity index (χ4n) is 4.56. The molecule has 0 aromatic heterocycles. The molecule has 2 unspecified atom stereocenters. The summed E-state index contributed by atoms with van der Waals surface area (Å²) in [6.45, 7) is 0. The summed E-state index contributed by atoms with van der Waals surface area (Å²) < 4.78 is 13.0. The maximum atomic E-state index is 13.5. The van der Waals surface area contributed by atoms with Gasteiger partial charge < -0.3 is 20.2 Å². The lowest BCUT2D eigenvalue weighted by Crippen LogP contribution is -2.60. The van der Waals surface area contributed by atoms with Crippen LogP contribution in [0.1, 0.15) is 22.7 Å². The van der Waals surface area contributed by atoms with E-state index in [1.165, 1.54) is 0 Å². The number of amides is 1. The second-order valence-electron chi connectivity index (χ2n) is 7.64.